The van der Waals surface area contributed by atoms with Gasteiger partial charge >= 0.3 is 0 Å². The molecule has 3 N–H and O–H groups in total. The van der Waals surface area contributed by atoms with Gasteiger partial charge in [-0.2, -0.15) is 0 Å². The first kappa shape index (κ1) is 21.9. The van der Waals surface area contributed by atoms with E-state index in [9.17, 15) is 19.2 Å². The van der Waals surface area contributed by atoms with E-state index in [-0.39, 0.29) is 36.3 Å². The molecule has 4 rings (SSSR count). The lowest BCUT2D eigenvalue weighted by Gasteiger charge is -2.22. The Bertz CT molecular complexity index is 1070. The van der Waals surface area contributed by atoms with Crippen LogP contribution in [0.25, 0.3) is 0 Å². The number of carbonyl (C=O) groups excluding carboxylic acids is 4. The Balaban J connectivity index is 1.43. The van der Waals surface area contributed by atoms with Crippen LogP contribution in [0.3, 0.4) is 0 Å². The number of hydrogen-bond donors (Lipinski definition) is 3. The molecule has 2 atom stereocenters. The molecular weight excluding hydrogens is 432 g/mol. The Labute approximate surface area is 188 Å². The van der Waals surface area contributed by atoms with Crippen molar-refractivity contribution in [3.63, 3.8) is 0 Å². The standard InChI is InChI=1S/C22H24N4O5S/c1-31-14-6-4-5-12(9-14)19(28)26-22-25-16-10-13(11-17(27)18(16)32-22)20(29)24-15-7-2-3-8-23-21(15)30/h4-6,9,13,15H,2-3,7-8,10-11H2,1H3,(H,23,30)(H,24,29)(H,25,26,28)/t13-,15-/m0/s1. The second-order valence-electron chi connectivity index (χ2n) is 7.86. The van der Waals surface area contributed by atoms with Crippen LogP contribution < -0.4 is 20.7 Å². The molecule has 0 saturated carbocycles. The number of thiazole rings is 1. The number of methoxy groups -OCH3 is 1. The molecule has 1 saturated heterocycles. The zero-order valence-electron chi connectivity index (χ0n) is 17.6. The highest BCUT2D eigenvalue weighted by molar-refractivity contribution is 7.17. The highest BCUT2D eigenvalue weighted by Crippen LogP contribution is 2.33. The Hall–Kier alpha value is -3.27. The van der Waals surface area contributed by atoms with Gasteiger partial charge in [-0.3, -0.25) is 24.5 Å². The van der Waals surface area contributed by atoms with Gasteiger partial charge in [-0.05, 0) is 37.5 Å². The molecule has 3 amide bonds. The van der Waals surface area contributed by atoms with Crippen molar-refractivity contribution in [1.82, 2.24) is 15.6 Å². The van der Waals surface area contributed by atoms with Gasteiger partial charge in [-0.1, -0.05) is 17.4 Å². The fourth-order valence-corrected chi connectivity index (χ4v) is 4.81. The molecule has 1 aliphatic heterocycles. The van der Waals surface area contributed by atoms with E-state index >= 15 is 0 Å². The molecule has 168 valence electrons. The number of Topliss-reactive ketones (excluding diaryl/α,β-unsaturated/α-hetero) is 1. The van der Waals surface area contributed by atoms with Crippen LogP contribution in [0, 0.1) is 5.92 Å². The lowest BCUT2D eigenvalue weighted by molar-refractivity contribution is -0.131. The lowest BCUT2D eigenvalue weighted by Crippen LogP contribution is -2.48. The fraction of sp³-hybridized carbons (Fsp3) is 0.409. The number of fused-ring (bicyclic) bond motifs is 1. The molecular formula is C22H24N4O5S. The summed E-state index contributed by atoms with van der Waals surface area (Å²) in [5.41, 5.74) is 0.903. The van der Waals surface area contributed by atoms with Gasteiger partial charge in [0.1, 0.15) is 11.8 Å². The first-order valence-corrected chi connectivity index (χ1v) is 11.3. The Morgan fingerprint density at radius 2 is 2.06 bits per heavy atom. The van der Waals surface area contributed by atoms with Gasteiger partial charge in [-0.15, -0.1) is 0 Å². The quantitative estimate of drug-likeness (QED) is 0.631. The van der Waals surface area contributed by atoms with Gasteiger partial charge < -0.3 is 15.4 Å². The third kappa shape index (κ3) is 4.80. The second kappa shape index (κ2) is 9.47. The third-order valence-electron chi connectivity index (χ3n) is 5.60. The van der Waals surface area contributed by atoms with Gasteiger partial charge in [-0.25, -0.2) is 4.98 Å². The van der Waals surface area contributed by atoms with Crippen LogP contribution in [0.15, 0.2) is 24.3 Å². The number of ether oxygens (including phenoxy) is 1. The number of aromatic nitrogens is 1. The van der Waals surface area contributed by atoms with Gasteiger partial charge in [0.05, 0.1) is 23.6 Å². The van der Waals surface area contributed by atoms with Crippen LogP contribution in [0.5, 0.6) is 5.75 Å². The van der Waals surface area contributed by atoms with Crippen molar-refractivity contribution in [3.8, 4) is 5.75 Å². The number of anilines is 1. The highest BCUT2D eigenvalue weighted by atomic mass is 32.1. The summed E-state index contributed by atoms with van der Waals surface area (Å²) in [4.78, 5) is 54.9. The van der Waals surface area contributed by atoms with Crippen molar-refractivity contribution >= 4 is 40.0 Å². The molecule has 32 heavy (non-hydrogen) atoms. The number of nitrogens with zero attached hydrogens (tertiary/aromatic N) is 1. The van der Waals surface area contributed by atoms with Crippen molar-refractivity contribution in [2.24, 2.45) is 5.92 Å². The smallest absolute Gasteiger partial charge is 0.257 e. The first-order chi connectivity index (χ1) is 15.4. The maximum Gasteiger partial charge on any atom is 0.257 e. The average Bonchev–Trinajstić information content (AvgIpc) is 3.09. The summed E-state index contributed by atoms with van der Waals surface area (Å²) < 4.78 is 5.14. The van der Waals surface area contributed by atoms with Crippen molar-refractivity contribution in [2.45, 2.75) is 38.1 Å². The number of hydrogen-bond acceptors (Lipinski definition) is 7. The first-order valence-electron chi connectivity index (χ1n) is 10.5. The highest BCUT2D eigenvalue weighted by Gasteiger charge is 2.35. The van der Waals surface area contributed by atoms with Gasteiger partial charge in [0.2, 0.25) is 11.8 Å². The summed E-state index contributed by atoms with van der Waals surface area (Å²) in [5, 5.41) is 8.60. The second-order valence-corrected chi connectivity index (χ2v) is 8.86. The minimum Gasteiger partial charge on any atom is -0.497 e. The molecule has 1 aromatic heterocycles. The molecule has 1 aliphatic carbocycles. The molecule has 10 heteroatoms. The summed E-state index contributed by atoms with van der Waals surface area (Å²) in [5.74, 6) is -1.08. The van der Waals surface area contributed by atoms with Crippen molar-refractivity contribution in [3.05, 3.63) is 40.4 Å². The summed E-state index contributed by atoms with van der Waals surface area (Å²) in [6.45, 7) is 0.611. The van der Waals surface area contributed by atoms with Crippen LogP contribution in [0.1, 0.15) is 51.4 Å². The summed E-state index contributed by atoms with van der Waals surface area (Å²) in [6, 6.07) is 6.14. The predicted molar refractivity (Wildman–Crippen MR) is 118 cm³/mol. The van der Waals surface area contributed by atoms with Gasteiger partial charge in [0.15, 0.2) is 10.9 Å². The van der Waals surface area contributed by atoms with Crippen LogP contribution in [0.4, 0.5) is 5.13 Å². The van der Waals surface area contributed by atoms with E-state index < -0.39 is 12.0 Å². The number of carbonyl (C=O) groups is 4. The Morgan fingerprint density at radius 1 is 1.22 bits per heavy atom. The SMILES string of the molecule is COc1cccc(C(=O)Nc2nc3c(s2)C(=O)C[C@@H](C(=O)N[C@H]2CCCCNC2=O)C3)c1. The van der Waals surface area contributed by atoms with Crippen molar-refractivity contribution in [2.75, 3.05) is 19.0 Å². The number of rotatable bonds is 5. The average molecular weight is 457 g/mol. The minimum absolute atomic E-state index is 0.0542. The monoisotopic (exact) mass is 456 g/mol. The number of benzene rings is 1. The zero-order valence-corrected chi connectivity index (χ0v) is 18.4. The number of nitrogens with one attached hydrogen (secondary N) is 3. The Kier molecular flexibility index (Phi) is 6.50. The summed E-state index contributed by atoms with van der Waals surface area (Å²) >= 11 is 1.11. The molecule has 2 aliphatic rings. The largest absolute Gasteiger partial charge is 0.497 e. The van der Waals surface area contributed by atoms with E-state index in [0.29, 0.717) is 40.0 Å². The fourth-order valence-electron chi connectivity index (χ4n) is 3.87. The molecule has 2 heterocycles. The molecule has 0 spiro atoms. The maximum atomic E-state index is 12.8. The molecule has 2 aromatic rings. The van der Waals surface area contributed by atoms with Crippen LogP contribution in [0.2, 0.25) is 0 Å². The third-order valence-corrected chi connectivity index (χ3v) is 6.65. The summed E-state index contributed by atoms with van der Waals surface area (Å²) in [6.07, 6.45) is 2.65. The van der Waals surface area contributed by atoms with E-state index in [1.165, 1.54) is 7.11 Å². The topological polar surface area (TPSA) is 126 Å². The molecule has 0 unspecified atom stereocenters. The normalized spacial score (nSPS) is 20.5. The van der Waals surface area contributed by atoms with Crippen LogP contribution in [-0.4, -0.2) is 48.2 Å². The van der Waals surface area contributed by atoms with E-state index in [1.54, 1.807) is 24.3 Å². The zero-order chi connectivity index (χ0) is 22.7. The van der Waals surface area contributed by atoms with E-state index in [0.717, 1.165) is 24.2 Å². The van der Waals surface area contributed by atoms with Crippen molar-refractivity contribution < 1.29 is 23.9 Å². The van der Waals surface area contributed by atoms with E-state index in [1.807, 2.05) is 0 Å². The Morgan fingerprint density at radius 3 is 2.88 bits per heavy atom. The number of amides is 3. The van der Waals surface area contributed by atoms with E-state index in [4.69, 9.17) is 4.74 Å². The van der Waals surface area contributed by atoms with Crippen molar-refractivity contribution in [1.29, 1.82) is 0 Å². The van der Waals surface area contributed by atoms with Crippen LogP contribution >= 0.6 is 11.3 Å². The van der Waals surface area contributed by atoms with Gasteiger partial charge in [0, 0.05) is 24.9 Å². The molecule has 1 aromatic carbocycles. The molecule has 0 radical (unpaired) electrons. The molecule has 9 nitrogen and oxygen atoms in total. The van der Waals surface area contributed by atoms with Crippen LogP contribution in [-0.2, 0) is 16.0 Å². The summed E-state index contributed by atoms with van der Waals surface area (Å²) in [7, 11) is 1.52. The maximum absolute atomic E-state index is 12.8. The van der Waals surface area contributed by atoms with E-state index in [2.05, 4.69) is 20.9 Å². The molecule has 0 bridgehead atoms. The molecule has 1 fully saturated rings. The number of ketones is 1. The van der Waals surface area contributed by atoms with Gasteiger partial charge in [0.25, 0.3) is 5.91 Å². The lowest BCUT2D eigenvalue weighted by atomic mass is 9.89. The predicted octanol–water partition coefficient (Wildman–Crippen LogP) is 1.93. The minimum atomic E-state index is -0.588.